The zero-order valence-corrected chi connectivity index (χ0v) is 26.8. The fraction of sp³-hybridized carbons (Fsp3) is 0.514. The van der Waals surface area contributed by atoms with Crippen molar-refractivity contribution >= 4 is 22.7 Å². The molecule has 2 amide bonds. The molecule has 45 heavy (non-hydrogen) atoms. The third-order valence-corrected chi connectivity index (χ3v) is 11.4. The van der Waals surface area contributed by atoms with Crippen molar-refractivity contribution in [2.45, 2.75) is 89.3 Å². The van der Waals surface area contributed by atoms with Gasteiger partial charge in [-0.3, -0.25) is 19.9 Å². The van der Waals surface area contributed by atoms with Gasteiger partial charge in [-0.2, -0.15) is 0 Å². The van der Waals surface area contributed by atoms with Crippen LogP contribution in [0.15, 0.2) is 36.4 Å². The summed E-state index contributed by atoms with van der Waals surface area (Å²) in [6, 6.07) is 13.3. The molecule has 2 saturated carbocycles. The molecule has 0 spiro atoms. The number of hydrogen-bond acceptors (Lipinski definition) is 5. The first-order chi connectivity index (χ1) is 21.9. The van der Waals surface area contributed by atoms with Gasteiger partial charge in [0.15, 0.2) is 0 Å². The number of amides is 2. The molecule has 2 saturated heterocycles. The van der Waals surface area contributed by atoms with Crippen LogP contribution >= 0.6 is 0 Å². The van der Waals surface area contributed by atoms with E-state index in [1.54, 1.807) is 14.0 Å². The highest BCUT2D eigenvalue weighted by Crippen LogP contribution is 2.66. The average Bonchev–Trinajstić information content (AvgIpc) is 3.31. The fourth-order valence-corrected chi connectivity index (χ4v) is 9.18. The Hall–Kier alpha value is -3.80. The molecule has 8 nitrogen and oxygen atoms in total. The number of nitrogens with zero attached hydrogens (tertiary/aromatic N) is 3. The Bertz CT molecular complexity index is 1700. The molecule has 2 aliphatic carbocycles. The number of rotatable bonds is 5. The molecule has 2 aromatic carbocycles. The minimum absolute atomic E-state index is 0.154. The molecule has 3 aromatic rings. The quantitative estimate of drug-likeness (QED) is 0.175. The maximum Gasteiger partial charge on any atom is 0.265 e. The first kappa shape index (κ1) is 29.9. The third kappa shape index (κ3) is 4.66. The molecule has 4 unspecified atom stereocenters. The minimum atomic E-state index is -0.490. The number of ether oxygens (including phenoxy) is 1. The van der Waals surface area contributed by atoms with Crippen LogP contribution in [0.4, 0.5) is 0 Å². The summed E-state index contributed by atoms with van der Waals surface area (Å²) in [6.07, 6.45) is 12.6. The van der Waals surface area contributed by atoms with Crippen LogP contribution in [0.1, 0.15) is 92.1 Å². The summed E-state index contributed by atoms with van der Waals surface area (Å²) in [7, 11) is 1.72. The molecular weight excluding hydrogens is 562 g/mol. The highest BCUT2D eigenvalue weighted by atomic mass is 16.5. The SMILES string of the molecule is C#CC.CCN1CC2CC1CN2C(=O)C12CC1c1cc(OC)ccc1-c1c(C3CCCCC3)c3ccc(C(=O)NN)cc3n1C2. The number of benzene rings is 2. The Kier molecular flexibility index (Phi) is 7.66. The van der Waals surface area contributed by atoms with E-state index in [-0.39, 0.29) is 11.8 Å². The van der Waals surface area contributed by atoms with E-state index in [1.807, 2.05) is 12.1 Å². The highest BCUT2D eigenvalue weighted by Gasteiger charge is 2.65. The number of likely N-dealkylation sites (N-methyl/N-ethyl adjacent to an activating group) is 1. The van der Waals surface area contributed by atoms with Crippen molar-refractivity contribution in [2.24, 2.45) is 11.3 Å². The van der Waals surface area contributed by atoms with E-state index in [4.69, 9.17) is 10.6 Å². The molecule has 8 heteroatoms. The van der Waals surface area contributed by atoms with E-state index in [0.717, 1.165) is 43.7 Å². The van der Waals surface area contributed by atoms with Gasteiger partial charge in [-0.15, -0.1) is 12.3 Å². The van der Waals surface area contributed by atoms with Gasteiger partial charge in [-0.05, 0) is 86.5 Å². The van der Waals surface area contributed by atoms with E-state index in [2.05, 4.69) is 63.3 Å². The lowest BCUT2D eigenvalue weighted by atomic mass is 9.81. The van der Waals surface area contributed by atoms with Crippen molar-refractivity contribution in [3.63, 3.8) is 0 Å². The maximum atomic E-state index is 14.7. The predicted octanol–water partition coefficient (Wildman–Crippen LogP) is 5.40. The molecule has 2 bridgehead atoms. The normalized spacial score (nSPS) is 26.6. The van der Waals surface area contributed by atoms with Gasteiger partial charge in [0.25, 0.3) is 5.91 Å². The van der Waals surface area contributed by atoms with Gasteiger partial charge in [0.05, 0.1) is 18.2 Å². The van der Waals surface area contributed by atoms with E-state index in [9.17, 15) is 9.59 Å². The first-order valence-corrected chi connectivity index (χ1v) is 16.7. The lowest BCUT2D eigenvalue weighted by Gasteiger charge is -2.36. The molecule has 8 rings (SSSR count). The molecule has 5 aliphatic rings. The molecule has 236 valence electrons. The van der Waals surface area contributed by atoms with Crippen LogP contribution in [0.25, 0.3) is 22.2 Å². The zero-order chi connectivity index (χ0) is 31.5. The zero-order valence-electron chi connectivity index (χ0n) is 26.8. The van der Waals surface area contributed by atoms with Crippen LogP contribution in [-0.2, 0) is 11.3 Å². The molecule has 4 fully saturated rings. The first-order valence-electron chi connectivity index (χ1n) is 16.7. The summed E-state index contributed by atoms with van der Waals surface area (Å²) in [5, 5.41) is 1.20. The number of fused-ring (bicyclic) bond motifs is 9. The fourth-order valence-electron chi connectivity index (χ4n) is 9.18. The lowest BCUT2D eigenvalue weighted by molar-refractivity contribution is -0.140. The number of piperazine rings is 1. The van der Waals surface area contributed by atoms with Crippen molar-refractivity contribution in [3.8, 4) is 29.4 Å². The summed E-state index contributed by atoms with van der Waals surface area (Å²) in [4.78, 5) is 32.2. The number of nitrogens with two attached hydrogens (primary N) is 1. The van der Waals surface area contributed by atoms with Crippen molar-refractivity contribution in [3.05, 3.63) is 53.1 Å². The topological polar surface area (TPSA) is 92.8 Å². The van der Waals surface area contributed by atoms with Gasteiger partial charge in [0.1, 0.15) is 5.75 Å². The predicted molar refractivity (Wildman–Crippen MR) is 177 cm³/mol. The van der Waals surface area contributed by atoms with Crippen molar-refractivity contribution < 1.29 is 14.3 Å². The number of methoxy groups -OCH3 is 1. The summed E-state index contributed by atoms with van der Waals surface area (Å²) in [5.74, 6) is 9.28. The summed E-state index contributed by atoms with van der Waals surface area (Å²) >= 11 is 0. The molecule has 0 radical (unpaired) electrons. The Morgan fingerprint density at radius 3 is 2.56 bits per heavy atom. The number of carbonyl (C=O) groups is 2. The molecule has 3 aliphatic heterocycles. The van der Waals surface area contributed by atoms with Gasteiger partial charge in [0, 0.05) is 59.7 Å². The molecule has 1 aromatic heterocycles. The molecule has 4 atom stereocenters. The van der Waals surface area contributed by atoms with Crippen molar-refractivity contribution in [1.29, 1.82) is 0 Å². The summed E-state index contributed by atoms with van der Waals surface area (Å²) < 4.78 is 8.14. The van der Waals surface area contributed by atoms with E-state index in [1.165, 1.54) is 59.9 Å². The van der Waals surface area contributed by atoms with Crippen LogP contribution < -0.4 is 16.0 Å². The van der Waals surface area contributed by atoms with Crippen molar-refractivity contribution in [2.75, 3.05) is 26.7 Å². The van der Waals surface area contributed by atoms with Gasteiger partial charge in [-0.25, -0.2) is 5.84 Å². The third-order valence-electron chi connectivity index (χ3n) is 11.4. The maximum absolute atomic E-state index is 14.7. The van der Waals surface area contributed by atoms with Crippen LogP contribution in [-0.4, -0.2) is 65.0 Å². The van der Waals surface area contributed by atoms with Gasteiger partial charge >= 0.3 is 0 Å². The lowest BCUT2D eigenvalue weighted by Crippen LogP contribution is -2.51. The summed E-state index contributed by atoms with van der Waals surface area (Å²) in [6.45, 7) is 7.37. The highest BCUT2D eigenvalue weighted by molar-refractivity contribution is 6.01. The standard InChI is InChI=1S/C34H41N5O3.C3H4/c1-3-37-17-23-14-22(37)18-38(23)33(41)34-16-28(34)27-15-24(42-2)10-12-25(27)31-30(20-7-5-4-6-8-20)26-11-9-21(32(40)36-35)13-29(26)39(31)19-34;1-3-2/h9-13,15,20,22-23,28H,3-8,14,16-19,35H2,1-2H3,(H,36,40);1H,2H3. The Balaban J connectivity index is 0.00000104. The number of hydrogen-bond donors (Lipinski definition) is 2. The number of aromatic nitrogens is 1. The van der Waals surface area contributed by atoms with E-state index < -0.39 is 5.41 Å². The smallest absolute Gasteiger partial charge is 0.265 e. The van der Waals surface area contributed by atoms with Gasteiger partial charge in [0.2, 0.25) is 5.91 Å². The van der Waals surface area contributed by atoms with Gasteiger partial charge in [-0.1, -0.05) is 32.3 Å². The van der Waals surface area contributed by atoms with E-state index in [0.29, 0.717) is 36.0 Å². The molecule has 3 N–H and O–H groups in total. The van der Waals surface area contributed by atoms with Gasteiger partial charge < -0.3 is 14.2 Å². The molecular formula is C37H45N5O3. The number of hydrazine groups is 1. The minimum Gasteiger partial charge on any atom is -0.497 e. The number of carbonyl (C=O) groups excluding carboxylic acids is 2. The van der Waals surface area contributed by atoms with Crippen molar-refractivity contribution in [1.82, 2.24) is 19.8 Å². The largest absolute Gasteiger partial charge is 0.497 e. The second-order valence-electron chi connectivity index (χ2n) is 13.6. The number of nitrogen functional groups attached to an aromatic ring is 1. The Morgan fingerprint density at radius 1 is 1.11 bits per heavy atom. The Labute approximate surface area is 266 Å². The number of likely N-dealkylation sites (tertiary alicyclic amines) is 2. The number of terminal acetylenes is 1. The molecule has 4 heterocycles. The average molecular weight is 608 g/mol. The van der Waals surface area contributed by atoms with Crippen LogP contribution in [0.3, 0.4) is 0 Å². The number of nitrogens with one attached hydrogen (secondary N) is 1. The van der Waals surface area contributed by atoms with Crippen LogP contribution in [0.2, 0.25) is 0 Å². The van der Waals surface area contributed by atoms with Crippen LogP contribution in [0.5, 0.6) is 5.75 Å². The second kappa shape index (κ2) is 11.5. The monoisotopic (exact) mass is 607 g/mol. The Morgan fingerprint density at radius 2 is 1.89 bits per heavy atom. The van der Waals surface area contributed by atoms with E-state index >= 15 is 0 Å². The second-order valence-corrected chi connectivity index (χ2v) is 13.6. The summed E-state index contributed by atoms with van der Waals surface area (Å²) in [5.41, 5.74) is 8.48. The van der Waals surface area contributed by atoms with Crippen LogP contribution in [0, 0.1) is 17.8 Å².